The molecular weight excluding hydrogens is 372 g/mol. The van der Waals surface area contributed by atoms with Crippen molar-refractivity contribution in [2.24, 2.45) is 11.8 Å². The summed E-state index contributed by atoms with van der Waals surface area (Å²) in [5.74, 6) is -1.58. The average molecular weight is 398 g/mol. The van der Waals surface area contributed by atoms with E-state index in [2.05, 4.69) is 0 Å². The number of aryl methyl sites for hydroxylation is 1. The number of nitrogens with zero attached hydrogens (tertiary/aromatic N) is 2. The molecule has 0 bridgehead atoms. The Hall–Kier alpha value is -2.70. The molecule has 0 unspecified atom stereocenters. The molecule has 0 aromatic heterocycles. The van der Waals surface area contributed by atoms with Crippen molar-refractivity contribution in [3.05, 3.63) is 29.8 Å². The number of imide groups is 1. The third-order valence-electron chi connectivity index (χ3n) is 6.24. The molecule has 1 aliphatic carbocycles. The lowest BCUT2D eigenvalue weighted by molar-refractivity contribution is -0.149. The molecule has 154 valence electrons. The van der Waals surface area contributed by atoms with Crippen LogP contribution in [0.3, 0.4) is 0 Å². The van der Waals surface area contributed by atoms with Gasteiger partial charge in [-0.25, -0.2) is 0 Å². The summed E-state index contributed by atoms with van der Waals surface area (Å²) in [5, 5.41) is 0. The van der Waals surface area contributed by atoms with Gasteiger partial charge in [0.2, 0.25) is 11.8 Å². The fourth-order valence-corrected chi connectivity index (χ4v) is 4.74. The number of carbonyl (C=O) groups excluding carboxylic acids is 4. The predicted octanol–water partition coefficient (Wildman–Crippen LogP) is 2.07. The number of benzene rings is 1. The number of rotatable bonds is 5. The Labute approximate surface area is 170 Å². The maximum atomic E-state index is 12.5. The van der Waals surface area contributed by atoms with Gasteiger partial charge in [0.1, 0.15) is 0 Å². The van der Waals surface area contributed by atoms with Gasteiger partial charge in [-0.3, -0.25) is 24.1 Å². The SMILES string of the molecule is O=C(CCN1C(=O)[C@H]2CCCC[C@H]2C1=O)OCC(=O)N1CCCc2ccccc21. The number of carbonyl (C=O) groups is 4. The summed E-state index contributed by atoms with van der Waals surface area (Å²) in [5.41, 5.74) is 1.99. The van der Waals surface area contributed by atoms with Crippen molar-refractivity contribution in [2.75, 3.05) is 24.6 Å². The second kappa shape index (κ2) is 8.35. The first-order valence-electron chi connectivity index (χ1n) is 10.5. The summed E-state index contributed by atoms with van der Waals surface area (Å²) in [7, 11) is 0. The molecule has 4 rings (SSSR count). The Morgan fingerprint density at radius 3 is 2.41 bits per heavy atom. The molecule has 1 saturated heterocycles. The highest BCUT2D eigenvalue weighted by molar-refractivity contribution is 6.05. The fraction of sp³-hybridized carbons (Fsp3) is 0.545. The normalized spacial score (nSPS) is 23.6. The number of para-hydroxylation sites is 1. The number of hydrogen-bond donors (Lipinski definition) is 0. The lowest BCUT2D eigenvalue weighted by Crippen LogP contribution is -2.38. The number of hydrogen-bond acceptors (Lipinski definition) is 5. The summed E-state index contributed by atoms with van der Waals surface area (Å²) in [6.45, 7) is 0.303. The lowest BCUT2D eigenvalue weighted by Gasteiger charge is -2.29. The van der Waals surface area contributed by atoms with Crippen LogP contribution in [-0.4, -0.2) is 48.3 Å². The van der Waals surface area contributed by atoms with Crippen LogP contribution in [0.5, 0.6) is 0 Å². The van der Waals surface area contributed by atoms with E-state index in [4.69, 9.17) is 4.74 Å². The minimum absolute atomic E-state index is 0.0320. The van der Waals surface area contributed by atoms with Gasteiger partial charge >= 0.3 is 5.97 Å². The number of ether oxygens (including phenoxy) is 1. The van der Waals surface area contributed by atoms with E-state index in [0.717, 1.165) is 49.8 Å². The summed E-state index contributed by atoms with van der Waals surface area (Å²) in [4.78, 5) is 52.4. The summed E-state index contributed by atoms with van der Waals surface area (Å²) in [6, 6.07) is 7.74. The molecule has 1 aromatic rings. The van der Waals surface area contributed by atoms with Gasteiger partial charge in [-0.1, -0.05) is 31.0 Å². The molecule has 1 saturated carbocycles. The number of esters is 1. The summed E-state index contributed by atoms with van der Waals surface area (Å²) >= 11 is 0. The smallest absolute Gasteiger partial charge is 0.308 e. The quantitative estimate of drug-likeness (QED) is 0.560. The molecule has 7 heteroatoms. The first-order valence-corrected chi connectivity index (χ1v) is 10.5. The Bertz CT molecular complexity index is 812. The van der Waals surface area contributed by atoms with Crippen molar-refractivity contribution >= 4 is 29.4 Å². The largest absolute Gasteiger partial charge is 0.455 e. The Balaban J connectivity index is 1.27. The predicted molar refractivity (Wildman–Crippen MR) is 105 cm³/mol. The highest BCUT2D eigenvalue weighted by atomic mass is 16.5. The minimum atomic E-state index is -0.570. The van der Waals surface area contributed by atoms with E-state index in [1.807, 2.05) is 24.3 Å². The zero-order chi connectivity index (χ0) is 20.4. The van der Waals surface area contributed by atoms with Gasteiger partial charge in [0.05, 0.1) is 18.3 Å². The number of anilines is 1. The van der Waals surface area contributed by atoms with E-state index in [-0.39, 0.29) is 49.1 Å². The molecule has 29 heavy (non-hydrogen) atoms. The van der Waals surface area contributed by atoms with E-state index < -0.39 is 5.97 Å². The van der Waals surface area contributed by atoms with Crippen LogP contribution < -0.4 is 4.90 Å². The van der Waals surface area contributed by atoms with Crippen LogP contribution in [-0.2, 0) is 30.3 Å². The molecular formula is C22H26N2O5. The van der Waals surface area contributed by atoms with Gasteiger partial charge in [-0.05, 0) is 37.3 Å². The first-order chi connectivity index (χ1) is 14.1. The van der Waals surface area contributed by atoms with Gasteiger partial charge < -0.3 is 9.64 Å². The molecule has 0 spiro atoms. The molecule has 0 radical (unpaired) electrons. The molecule has 2 heterocycles. The second-order valence-corrected chi connectivity index (χ2v) is 8.01. The van der Waals surface area contributed by atoms with Crippen LogP contribution in [0.2, 0.25) is 0 Å². The molecule has 2 aliphatic heterocycles. The van der Waals surface area contributed by atoms with Gasteiger partial charge in [-0.2, -0.15) is 0 Å². The standard InChI is InChI=1S/C22H26N2O5/c25-19(23-12-5-7-15-6-1-4-10-18(15)23)14-29-20(26)11-13-24-21(27)16-8-2-3-9-17(16)22(24)28/h1,4,6,10,16-17H,2-3,5,7-9,11-14H2/t16-,17+. The third-order valence-corrected chi connectivity index (χ3v) is 6.24. The maximum absolute atomic E-state index is 12.5. The zero-order valence-electron chi connectivity index (χ0n) is 16.5. The van der Waals surface area contributed by atoms with Crippen LogP contribution in [0.4, 0.5) is 5.69 Å². The van der Waals surface area contributed by atoms with Gasteiger partial charge in [0.15, 0.2) is 6.61 Å². The maximum Gasteiger partial charge on any atom is 0.308 e. The number of amides is 3. The number of fused-ring (bicyclic) bond motifs is 2. The highest BCUT2D eigenvalue weighted by Gasteiger charge is 2.47. The Morgan fingerprint density at radius 2 is 1.69 bits per heavy atom. The van der Waals surface area contributed by atoms with E-state index in [1.54, 1.807) is 4.90 Å². The van der Waals surface area contributed by atoms with Crippen LogP contribution in [0, 0.1) is 11.8 Å². The van der Waals surface area contributed by atoms with Crippen LogP contribution in [0.1, 0.15) is 44.1 Å². The van der Waals surface area contributed by atoms with E-state index >= 15 is 0 Å². The van der Waals surface area contributed by atoms with Crippen molar-refractivity contribution in [3.63, 3.8) is 0 Å². The second-order valence-electron chi connectivity index (χ2n) is 8.01. The van der Waals surface area contributed by atoms with Crippen molar-refractivity contribution in [1.29, 1.82) is 0 Å². The van der Waals surface area contributed by atoms with Crippen LogP contribution >= 0.6 is 0 Å². The molecule has 7 nitrogen and oxygen atoms in total. The lowest BCUT2D eigenvalue weighted by atomic mass is 9.81. The van der Waals surface area contributed by atoms with Gasteiger partial charge in [-0.15, -0.1) is 0 Å². The number of likely N-dealkylation sites (tertiary alicyclic amines) is 1. The van der Waals surface area contributed by atoms with E-state index in [1.165, 1.54) is 4.90 Å². The molecule has 1 aromatic carbocycles. The fourth-order valence-electron chi connectivity index (χ4n) is 4.74. The van der Waals surface area contributed by atoms with Gasteiger partial charge in [0.25, 0.3) is 5.91 Å². The monoisotopic (exact) mass is 398 g/mol. The topological polar surface area (TPSA) is 84.0 Å². The summed E-state index contributed by atoms with van der Waals surface area (Å²) in [6.07, 6.45) is 5.16. The van der Waals surface area contributed by atoms with Crippen LogP contribution in [0.25, 0.3) is 0 Å². The Morgan fingerprint density at radius 1 is 1.00 bits per heavy atom. The molecule has 0 N–H and O–H groups in total. The molecule has 2 atom stereocenters. The zero-order valence-corrected chi connectivity index (χ0v) is 16.5. The molecule has 3 amide bonds. The third kappa shape index (κ3) is 3.91. The molecule has 3 aliphatic rings. The van der Waals surface area contributed by atoms with Crippen molar-refractivity contribution in [1.82, 2.24) is 4.90 Å². The van der Waals surface area contributed by atoms with E-state index in [0.29, 0.717) is 6.54 Å². The van der Waals surface area contributed by atoms with Gasteiger partial charge in [0, 0.05) is 18.8 Å². The first kappa shape index (κ1) is 19.6. The van der Waals surface area contributed by atoms with Crippen molar-refractivity contribution < 1.29 is 23.9 Å². The summed E-state index contributed by atoms with van der Waals surface area (Å²) < 4.78 is 5.14. The van der Waals surface area contributed by atoms with E-state index in [9.17, 15) is 19.2 Å². The molecule has 2 fully saturated rings. The highest BCUT2D eigenvalue weighted by Crippen LogP contribution is 2.38. The Kier molecular flexibility index (Phi) is 5.65. The van der Waals surface area contributed by atoms with Crippen LogP contribution in [0.15, 0.2) is 24.3 Å². The van der Waals surface area contributed by atoms with Crippen molar-refractivity contribution in [3.8, 4) is 0 Å². The van der Waals surface area contributed by atoms with Crippen molar-refractivity contribution in [2.45, 2.75) is 44.9 Å². The minimum Gasteiger partial charge on any atom is -0.455 e. The average Bonchev–Trinajstić information content (AvgIpc) is 3.00.